The van der Waals surface area contributed by atoms with E-state index in [0.29, 0.717) is 5.75 Å². The van der Waals surface area contributed by atoms with E-state index in [2.05, 4.69) is 18.7 Å². The van der Waals surface area contributed by atoms with Crippen molar-refractivity contribution in [3.8, 4) is 17.2 Å². The Morgan fingerprint density at radius 3 is 2.33 bits per heavy atom. The Hall–Kier alpha value is -2.94. The standard InChI is InChI=1S/C21H20O3/c1-14(11-15-7-5-4-6-8-15)21-17-13-20(24-3)18(22)12-16(17)9-10-19(21)23-2/h4-10,12-13,22H,1,11H2,2-3H3. The molecule has 0 aromatic heterocycles. The van der Waals surface area contributed by atoms with Gasteiger partial charge in [-0.3, -0.25) is 0 Å². The Balaban J connectivity index is 2.15. The van der Waals surface area contributed by atoms with Gasteiger partial charge in [0.05, 0.1) is 14.2 Å². The highest BCUT2D eigenvalue weighted by molar-refractivity contribution is 5.98. The molecule has 0 saturated heterocycles. The highest BCUT2D eigenvalue weighted by Crippen LogP contribution is 2.39. The molecule has 0 heterocycles. The lowest BCUT2D eigenvalue weighted by Gasteiger charge is -2.16. The Labute approximate surface area is 141 Å². The summed E-state index contributed by atoms with van der Waals surface area (Å²) in [5, 5.41) is 11.9. The van der Waals surface area contributed by atoms with Gasteiger partial charge in [0.25, 0.3) is 0 Å². The highest BCUT2D eigenvalue weighted by Gasteiger charge is 2.15. The Bertz CT molecular complexity index is 882. The second kappa shape index (κ2) is 6.67. The van der Waals surface area contributed by atoms with Crippen LogP contribution in [0.3, 0.4) is 0 Å². The summed E-state index contributed by atoms with van der Waals surface area (Å²) in [6.07, 6.45) is 0.722. The van der Waals surface area contributed by atoms with Crippen LogP contribution in [0.2, 0.25) is 0 Å². The molecule has 0 saturated carbocycles. The normalized spacial score (nSPS) is 10.6. The molecule has 0 radical (unpaired) electrons. The number of phenols is 1. The van der Waals surface area contributed by atoms with Gasteiger partial charge in [-0.2, -0.15) is 0 Å². The molecule has 3 aromatic rings. The van der Waals surface area contributed by atoms with Crippen molar-refractivity contribution in [1.29, 1.82) is 0 Å². The first-order chi connectivity index (χ1) is 11.6. The predicted molar refractivity (Wildman–Crippen MR) is 97.9 cm³/mol. The molecule has 0 amide bonds. The summed E-state index contributed by atoms with van der Waals surface area (Å²) >= 11 is 0. The van der Waals surface area contributed by atoms with Crippen LogP contribution in [0.15, 0.2) is 61.2 Å². The van der Waals surface area contributed by atoms with E-state index >= 15 is 0 Å². The lowest BCUT2D eigenvalue weighted by molar-refractivity contribution is 0.374. The number of hydrogen-bond acceptors (Lipinski definition) is 3. The average Bonchev–Trinajstić information content (AvgIpc) is 2.60. The number of allylic oxidation sites excluding steroid dienone is 1. The van der Waals surface area contributed by atoms with Crippen LogP contribution in [0.1, 0.15) is 11.1 Å². The molecule has 3 aromatic carbocycles. The van der Waals surface area contributed by atoms with E-state index in [4.69, 9.17) is 9.47 Å². The lowest BCUT2D eigenvalue weighted by atomic mass is 9.93. The van der Waals surface area contributed by atoms with Crippen molar-refractivity contribution in [3.05, 3.63) is 72.3 Å². The van der Waals surface area contributed by atoms with E-state index in [0.717, 1.165) is 34.1 Å². The molecule has 0 aliphatic rings. The summed E-state index contributed by atoms with van der Waals surface area (Å²) in [5.74, 6) is 1.32. The fourth-order valence-electron chi connectivity index (χ4n) is 2.95. The number of fused-ring (bicyclic) bond motifs is 1. The molecular formula is C21H20O3. The van der Waals surface area contributed by atoms with Crippen molar-refractivity contribution >= 4 is 16.3 Å². The Kier molecular flexibility index (Phi) is 4.43. The highest BCUT2D eigenvalue weighted by atomic mass is 16.5. The zero-order valence-corrected chi connectivity index (χ0v) is 13.9. The monoisotopic (exact) mass is 320 g/mol. The van der Waals surface area contributed by atoms with Gasteiger partial charge in [0.15, 0.2) is 11.5 Å². The van der Waals surface area contributed by atoms with E-state index in [1.54, 1.807) is 20.3 Å². The summed E-state index contributed by atoms with van der Waals surface area (Å²) in [4.78, 5) is 0. The lowest BCUT2D eigenvalue weighted by Crippen LogP contribution is -1.96. The van der Waals surface area contributed by atoms with Gasteiger partial charge in [-0.15, -0.1) is 0 Å². The van der Waals surface area contributed by atoms with Crippen LogP contribution in [-0.2, 0) is 6.42 Å². The molecule has 24 heavy (non-hydrogen) atoms. The fourth-order valence-corrected chi connectivity index (χ4v) is 2.95. The van der Waals surface area contributed by atoms with Crippen molar-refractivity contribution in [1.82, 2.24) is 0 Å². The van der Waals surface area contributed by atoms with Gasteiger partial charge < -0.3 is 14.6 Å². The van der Waals surface area contributed by atoms with Gasteiger partial charge in [0.1, 0.15) is 5.75 Å². The predicted octanol–water partition coefficient (Wildman–Crippen LogP) is 4.82. The van der Waals surface area contributed by atoms with Gasteiger partial charge >= 0.3 is 0 Å². The minimum absolute atomic E-state index is 0.120. The van der Waals surface area contributed by atoms with Crippen molar-refractivity contribution in [3.63, 3.8) is 0 Å². The molecule has 3 nitrogen and oxygen atoms in total. The number of ether oxygens (including phenoxy) is 2. The maximum Gasteiger partial charge on any atom is 0.161 e. The van der Waals surface area contributed by atoms with E-state index in [1.807, 2.05) is 36.4 Å². The maximum absolute atomic E-state index is 10.0. The second-order valence-corrected chi connectivity index (χ2v) is 5.65. The first-order valence-electron chi connectivity index (χ1n) is 7.74. The van der Waals surface area contributed by atoms with E-state index in [9.17, 15) is 5.11 Å². The molecule has 0 spiro atoms. The summed E-state index contributed by atoms with van der Waals surface area (Å²) in [7, 11) is 3.19. The summed E-state index contributed by atoms with van der Waals surface area (Å²) in [6, 6.07) is 17.6. The minimum Gasteiger partial charge on any atom is -0.504 e. The van der Waals surface area contributed by atoms with E-state index in [1.165, 1.54) is 5.56 Å². The van der Waals surface area contributed by atoms with Crippen LogP contribution in [0, 0.1) is 0 Å². The van der Waals surface area contributed by atoms with Crippen molar-refractivity contribution < 1.29 is 14.6 Å². The molecule has 0 atom stereocenters. The SMILES string of the molecule is C=C(Cc1ccccc1)c1c(OC)ccc2cc(O)c(OC)cc12. The molecular weight excluding hydrogens is 300 g/mol. The number of methoxy groups -OCH3 is 2. The molecule has 0 aliphatic carbocycles. The van der Waals surface area contributed by atoms with Crippen LogP contribution in [0.25, 0.3) is 16.3 Å². The van der Waals surface area contributed by atoms with Crippen molar-refractivity contribution in [2.45, 2.75) is 6.42 Å². The number of phenolic OH excluding ortho intramolecular Hbond substituents is 1. The van der Waals surface area contributed by atoms with E-state index < -0.39 is 0 Å². The molecule has 0 bridgehead atoms. The third-order valence-corrected chi connectivity index (χ3v) is 4.11. The largest absolute Gasteiger partial charge is 0.504 e. The minimum atomic E-state index is 0.120. The first-order valence-corrected chi connectivity index (χ1v) is 7.74. The quantitative estimate of drug-likeness (QED) is 0.732. The molecule has 0 unspecified atom stereocenters. The van der Waals surface area contributed by atoms with E-state index in [-0.39, 0.29) is 5.75 Å². The summed E-state index contributed by atoms with van der Waals surface area (Å²) in [5.41, 5.74) is 3.08. The third-order valence-electron chi connectivity index (χ3n) is 4.11. The first kappa shape index (κ1) is 15.9. The third kappa shape index (κ3) is 2.93. The maximum atomic E-state index is 10.0. The van der Waals surface area contributed by atoms with Crippen LogP contribution in [-0.4, -0.2) is 19.3 Å². The molecule has 0 fully saturated rings. The van der Waals surface area contributed by atoms with Gasteiger partial charge in [-0.25, -0.2) is 0 Å². The van der Waals surface area contributed by atoms with Gasteiger partial charge in [-0.05, 0) is 46.5 Å². The average molecular weight is 320 g/mol. The smallest absolute Gasteiger partial charge is 0.161 e. The van der Waals surface area contributed by atoms with Crippen LogP contribution >= 0.6 is 0 Å². The Morgan fingerprint density at radius 2 is 1.67 bits per heavy atom. The number of rotatable bonds is 5. The Morgan fingerprint density at radius 1 is 0.958 bits per heavy atom. The van der Waals surface area contributed by atoms with Gasteiger partial charge in [-0.1, -0.05) is 43.0 Å². The van der Waals surface area contributed by atoms with Crippen molar-refractivity contribution in [2.24, 2.45) is 0 Å². The second-order valence-electron chi connectivity index (χ2n) is 5.65. The number of hydrogen-bond donors (Lipinski definition) is 1. The molecule has 3 rings (SSSR count). The molecule has 3 heteroatoms. The van der Waals surface area contributed by atoms with Crippen molar-refractivity contribution in [2.75, 3.05) is 14.2 Å². The van der Waals surface area contributed by atoms with Gasteiger partial charge in [0.2, 0.25) is 0 Å². The zero-order valence-electron chi connectivity index (χ0n) is 13.9. The number of benzene rings is 3. The van der Waals surface area contributed by atoms with Crippen LogP contribution in [0.4, 0.5) is 0 Å². The topological polar surface area (TPSA) is 38.7 Å². The molecule has 1 N–H and O–H groups in total. The molecule has 0 aliphatic heterocycles. The van der Waals surface area contributed by atoms with Crippen LogP contribution in [0.5, 0.6) is 17.2 Å². The zero-order chi connectivity index (χ0) is 17.1. The van der Waals surface area contributed by atoms with Crippen LogP contribution < -0.4 is 9.47 Å². The summed E-state index contributed by atoms with van der Waals surface area (Å²) < 4.78 is 10.8. The number of aromatic hydroxyl groups is 1. The van der Waals surface area contributed by atoms with Gasteiger partial charge in [0, 0.05) is 5.56 Å². The summed E-state index contributed by atoms with van der Waals surface area (Å²) in [6.45, 7) is 4.27. The fraction of sp³-hybridized carbons (Fsp3) is 0.143. The molecule has 122 valence electrons.